The summed E-state index contributed by atoms with van der Waals surface area (Å²) >= 11 is 0. The van der Waals surface area contributed by atoms with Crippen LogP contribution in [0.1, 0.15) is 26.5 Å². The van der Waals surface area contributed by atoms with E-state index in [9.17, 15) is 9.18 Å². The fourth-order valence-corrected chi connectivity index (χ4v) is 1.89. The largest absolute Gasteiger partial charge is 0.443 e. The van der Waals surface area contributed by atoms with Gasteiger partial charge >= 0.3 is 6.09 Å². The molecule has 2 heterocycles. The summed E-state index contributed by atoms with van der Waals surface area (Å²) in [6.45, 7) is 7.13. The number of ether oxygens (including phenoxy) is 1. The van der Waals surface area contributed by atoms with Gasteiger partial charge in [0.05, 0.1) is 23.8 Å². The Labute approximate surface area is 134 Å². The van der Waals surface area contributed by atoms with Crippen LogP contribution >= 0.6 is 0 Å². The highest BCUT2D eigenvalue weighted by Crippen LogP contribution is 2.22. The van der Waals surface area contributed by atoms with Crippen LogP contribution in [0.5, 0.6) is 0 Å². The van der Waals surface area contributed by atoms with Crippen molar-refractivity contribution in [1.29, 1.82) is 0 Å². The van der Waals surface area contributed by atoms with Crippen molar-refractivity contribution in [2.45, 2.75) is 33.3 Å². The van der Waals surface area contributed by atoms with Gasteiger partial charge in [-0.1, -0.05) is 0 Å². The lowest BCUT2D eigenvalue weighted by Gasteiger charge is -2.25. The molecule has 0 radical (unpaired) electrons. The van der Waals surface area contributed by atoms with Crippen LogP contribution in [0.3, 0.4) is 0 Å². The Hall–Kier alpha value is -2.57. The van der Waals surface area contributed by atoms with Gasteiger partial charge in [0.25, 0.3) is 0 Å². The molecule has 122 valence electrons. The first-order valence-electron chi connectivity index (χ1n) is 7.08. The Morgan fingerprint density at radius 2 is 1.96 bits per heavy atom. The maximum atomic E-state index is 13.2. The predicted molar refractivity (Wildman–Crippen MR) is 84.6 cm³/mol. The molecule has 2 rings (SSSR count). The third kappa shape index (κ3) is 4.21. The fraction of sp³-hybridized carbons (Fsp3) is 0.375. The molecular weight excluding hydrogens is 299 g/mol. The molecule has 1 amide bonds. The molecule has 7 heteroatoms. The van der Waals surface area contributed by atoms with Gasteiger partial charge in [-0.15, -0.1) is 0 Å². The van der Waals surface area contributed by atoms with Crippen molar-refractivity contribution in [3.63, 3.8) is 0 Å². The number of pyridine rings is 1. The standard InChI is InChI=1S/C16H19FN4O2/c1-10-13(21(5)15(22)23-16(2,3)4)9-19-14(20-10)11-6-12(17)8-18-7-11/h6-9H,1-5H3. The maximum Gasteiger partial charge on any atom is 0.414 e. The number of amides is 1. The third-order valence-electron chi connectivity index (χ3n) is 2.95. The van der Waals surface area contributed by atoms with Crippen molar-refractivity contribution in [1.82, 2.24) is 15.0 Å². The summed E-state index contributed by atoms with van der Waals surface area (Å²) in [6.07, 6.45) is 3.60. The summed E-state index contributed by atoms with van der Waals surface area (Å²) in [5.41, 5.74) is 0.979. The average molecular weight is 318 g/mol. The van der Waals surface area contributed by atoms with Crippen molar-refractivity contribution < 1.29 is 13.9 Å². The zero-order valence-corrected chi connectivity index (χ0v) is 13.8. The van der Waals surface area contributed by atoms with E-state index in [2.05, 4.69) is 15.0 Å². The number of halogens is 1. The van der Waals surface area contributed by atoms with E-state index in [0.29, 0.717) is 22.8 Å². The zero-order chi connectivity index (χ0) is 17.2. The Balaban J connectivity index is 2.27. The summed E-state index contributed by atoms with van der Waals surface area (Å²) < 4.78 is 18.5. The number of rotatable bonds is 2. The summed E-state index contributed by atoms with van der Waals surface area (Å²) in [5.74, 6) is -0.116. The van der Waals surface area contributed by atoms with Crippen LogP contribution in [0.25, 0.3) is 11.4 Å². The first-order valence-corrected chi connectivity index (χ1v) is 7.08. The second-order valence-electron chi connectivity index (χ2n) is 6.10. The van der Waals surface area contributed by atoms with E-state index in [1.54, 1.807) is 34.7 Å². The summed E-state index contributed by atoms with van der Waals surface area (Å²) in [6, 6.07) is 1.30. The number of carbonyl (C=O) groups is 1. The van der Waals surface area contributed by atoms with Crippen molar-refractivity contribution in [3.05, 3.63) is 36.2 Å². The quantitative estimate of drug-likeness (QED) is 0.849. The van der Waals surface area contributed by atoms with E-state index in [4.69, 9.17) is 4.74 Å². The van der Waals surface area contributed by atoms with Crippen molar-refractivity contribution in [2.24, 2.45) is 0 Å². The molecule has 0 aliphatic carbocycles. The van der Waals surface area contributed by atoms with E-state index < -0.39 is 17.5 Å². The molecule has 0 saturated heterocycles. The zero-order valence-electron chi connectivity index (χ0n) is 13.8. The first-order chi connectivity index (χ1) is 10.7. The van der Waals surface area contributed by atoms with Crippen molar-refractivity contribution in [2.75, 3.05) is 11.9 Å². The van der Waals surface area contributed by atoms with Gasteiger partial charge in [0, 0.05) is 18.8 Å². The molecule has 23 heavy (non-hydrogen) atoms. The number of aromatic nitrogens is 3. The second-order valence-corrected chi connectivity index (χ2v) is 6.10. The molecule has 2 aromatic rings. The van der Waals surface area contributed by atoms with Gasteiger partial charge in [0.2, 0.25) is 0 Å². The highest BCUT2D eigenvalue weighted by molar-refractivity contribution is 5.87. The average Bonchev–Trinajstić information content (AvgIpc) is 2.44. The fourth-order valence-electron chi connectivity index (χ4n) is 1.89. The topological polar surface area (TPSA) is 68.2 Å². The Morgan fingerprint density at radius 3 is 2.52 bits per heavy atom. The monoisotopic (exact) mass is 318 g/mol. The Morgan fingerprint density at radius 1 is 1.26 bits per heavy atom. The minimum atomic E-state index is -0.590. The molecule has 0 fully saturated rings. The Bertz CT molecular complexity index is 728. The normalized spacial score (nSPS) is 11.2. The van der Waals surface area contributed by atoms with Gasteiger partial charge in [-0.3, -0.25) is 9.88 Å². The van der Waals surface area contributed by atoms with Crippen LogP contribution in [0.2, 0.25) is 0 Å². The molecular formula is C16H19FN4O2. The molecule has 0 atom stereocenters. The molecule has 2 aromatic heterocycles. The van der Waals surface area contributed by atoms with E-state index in [-0.39, 0.29) is 0 Å². The number of anilines is 1. The highest BCUT2D eigenvalue weighted by Gasteiger charge is 2.22. The summed E-state index contributed by atoms with van der Waals surface area (Å²) in [4.78, 5) is 25.7. The molecule has 0 aliphatic heterocycles. The van der Waals surface area contributed by atoms with E-state index >= 15 is 0 Å². The van der Waals surface area contributed by atoms with Crippen LogP contribution in [0.15, 0.2) is 24.7 Å². The number of hydrogen-bond acceptors (Lipinski definition) is 5. The molecule has 0 aromatic carbocycles. The maximum absolute atomic E-state index is 13.2. The second kappa shape index (κ2) is 6.28. The molecule has 0 bridgehead atoms. The van der Waals surface area contributed by atoms with Crippen LogP contribution < -0.4 is 4.90 Å². The molecule has 6 nitrogen and oxygen atoms in total. The van der Waals surface area contributed by atoms with Gasteiger partial charge < -0.3 is 4.74 Å². The van der Waals surface area contributed by atoms with Crippen LogP contribution in [-0.4, -0.2) is 33.7 Å². The molecule has 0 N–H and O–H groups in total. The highest BCUT2D eigenvalue weighted by atomic mass is 19.1. The van der Waals surface area contributed by atoms with Crippen LogP contribution in [0.4, 0.5) is 14.9 Å². The molecule has 0 unspecified atom stereocenters. The minimum Gasteiger partial charge on any atom is -0.443 e. The van der Waals surface area contributed by atoms with Gasteiger partial charge in [0.1, 0.15) is 11.4 Å². The smallest absolute Gasteiger partial charge is 0.414 e. The van der Waals surface area contributed by atoms with Gasteiger partial charge in [0.15, 0.2) is 5.82 Å². The Kier molecular flexibility index (Phi) is 4.58. The molecule has 0 spiro atoms. The van der Waals surface area contributed by atoms with Crippen LogP contribution in [-0.2, 0) is 4.74 Å². The molecule has 0 saturated carbocycles. The van der Waals surface area contributed by atoms with Gasteiger partial charge in [-0.25, -0.2) is 19.2 Å². The predicted octanol–water partition coefficient (Wildman–Crippen LogP) is 3.36. The van der Waals surface area contributed by atoms with E-state index in [1.807, 2.05) is 0 Å². The number of carbonyl (C=O) groups excluding carboxylic acids is 1. The number of aryl methyl sites for hydroxylation is 1. The third-order valence-corrected chi connectivity index (χ3v) is 2.95. The number of nitrogens with zero attached hydrogens (tertiary/aromatic N) is 4. The van der Waals surface area contributed by atoms with E-state index in [0.717, 1.165) is 6.20 Å². The van der Waals surface area contributed by atoms with Gasteiger partial charge in [-0.2, -0.15) is 0 Å². The van der Waals surface area contributed by atoms with Crippen molar-refractivity contribution in [3.8, 4) is 11.4 Å². The lowest BCUT2D eigenvalue weighted by Crippen LogP contribution is -2.34. The number of hydrogen-bond donors (Lipinski definition) is 0. The molecule has 0 aliphatic rings. The lowest BCUT2D eigenvalue weighted by molar-refractivity contribution is 0.0589. The lowest BCUT2D eigenvalue weighted by atomic mass is 10.2. The summed E-state index contributed by atoms with van der Waals surface area (Å²) in [7, 11) is 1.59. The summed E-state index contributed by atoms with van der Waals surface area (Å²) in [5, 5.41) is 0. The first kappa shape index (κ1) is 16.8. The SMILES string of the molecule is Cc1nc(-c2cncc(F)c2)ncc1N(C)C(=O)OC(C)(C)C. The minimum absolute atomic E-state index is 0.343. The van der Waals surface area contributed by atoms with E-state index in [1.165, 1.54) is 23.4 Å². The van der Waals surface area contributed by atoms with Crippen molar-refractivity contribution >= 4 is 11.8 Å². The van der Waals surface area contributed by atoms with Crippen LogP contribution in [0, 0.1) is 12.7 Å². The van der Waals surface area contributed by atoms with Gasteiger partial charge in [-0.05, 0) is 33.8 Å².